The molecule has 120 valence electrons. The maximum absolute atomic E-state index is 12.9. The molecule has 0 unspecified atom stereocenters. The molecule has 1 aromatic carbocycles. The topological polar surface area (TPSA) is 32.8 Å². The van der Waals surface area contributed by atoms with E-state index >= 15 is 0 Å². The normalized spacial score (nSPS) is 27.1. The molecule has 2 aliphatic rings. The number of likely N-dealkylation sites (tertiary alicyclic amines) is 1. The number of benzene rings is 1. The molecule has 0 aliphatic carbocycles. The summed E-state index contributed by atoms with van der Waals surface area (Å²) in [6, 6.07) is 10.1. The van der Waals surface area contributed by atoms with Crippen molar-refractivity contribution in [2.45, 2.75) is 31.7 Å². The minimum Gasteiger partial charge on any atom is -0.384 e. The highest BCUT2D eigenvalue weighted by atomic mass is 16.5. The van der Waals surface area contributed by atoms with Crippen LogP contribution >= 0.6 is 0 Å². The molecule has 2 aliphatic heterocycles. The summed E-state index contributed by atoms with van der Waals surface area (Å²) in [6.45, 7) is 3.68. The third-order valence-corrected chi connectivity index (χ3v) is 4.87. The molecule has 0 spiro atoms. The van der Waals surface area contributed by atoms with E-state index < -0.39 is 0 Å². The number of piperidine rings is 2. The maximum atomic E-state index is 12.9. The molecule has 2 saturated heterocycles. The van der Waals surface area contributed by atoms with Crippen LogP contribution in [-0.2, 0) is 9.53 Å². The minimum absolute atomic E-state index is 0.0496. The summed E-state index contributed by atoms with van der Waals surface area (Å²) in [7, 11) is 1.77. The predicted molar refractivity (Wildman–Crippen MR) is 88.0 cm³/mol. The fourth-order valence-corrected chi connectivity index (χ4v) is 3.81. The number of anilines is 1. The molecule has 2 fully saturated rings. The second-order valence-corrected chi connectivity index (χ2v) is 6.44. The highest BCUT2D eigenvalue weighted by Crippen LogP contribution is 2.27. The van der Waals surface area contributed by atoms with Crippen molar-refractivity contribution in [3.63, 3.8) is 0 Å². The van der Waals surface area contributed by atoms with Crippen LogP contribution in [0.2, 0.25) is 0 Å². The molecule has 22 heavy (non-hydrogen) atoms. The molecule has 3 rings (SSSR count). The van der Waals surface area contributed by atoms with Gasteiger partial charge in [-0.15, -0.1) is 0 Å². The van der Waals surface area contributed by atoms with E-state index in [2.05, 4.69) is 4.90 Å². The van der Waals surface area contributed by atoms with Gasteiger partial charge in [-0.05, 0) is 50.3 Å². The summed E-state index contributed by atoms with van der Waals surface area (Å²) in [5.74, 6) is 0.842. The van der Waals surface area contributed by atoms with Crippen molar-refractivity contribution in [1.29, 1.82) is 0 Å². The first-order valence-electron chi connectivity index (χ1n) is 8.39. The highest BCUT2D eigenvalue weighted by molar-refractivity contribution is 5.97. The van der Waals surface area contributed by atoms with E-state index in [0.29, 0.717) is 5.92 Å². The van der Waals surface area contributed by atoms with Crippen molar-refractivity contribution in [3.05, 3.63) is 30.3 Å². The molecule has 4 heteroatoms. The zero-order chi connectivity index (χ0) is 15.4. The number of methoxy groups -OCH3 is 1. The number of carbonyl (C=O) groups is 1. The van der Waals surface area contributed by atoms with Crippen LogP contribution in [0.25, 0.3) is 0 Å². The fourth-order valence-electron chi connectivity index (χ4n) is 3.81. The van der Waals surface area contributed by atoms with Crippen LogP contribution in [0, 0.1) is 5.92 Å². The molecule has 4 nitrogen and oxygen atoms in total. The van der Waals surface area contributed by atoms with Crippen LogP contribution < -0.4 is 4.90 Å². The second kappa shape index (κ2) is 7.25. The molecule has 0 aromatic heterocycles. The molecular weight excluding hydrogens is 276 g/mol. The Balaban J connectivity index is 1.70. The average molecular weight is 302 g/mol. The van der Waals surface area contributed by atoms with E-state index in [-0.39, 0.29) is 11.9 Å². The van der Waals surface area contributed by atoms with Crippen molar-refractivity contribution < 1.29 is 9.53 Å². The van der Waals surface area contributed by atoms with Crippen LogP contribution in [0.3, 0.4) is 0 Å². The van der Waals surface area contributed by atoms with E-state index in [1.807, 2.05) is 35.2 Å². The van der Waals surface area contributed by atoms with Gasteiger partial charge in [-0.25, -0.2) is 0 Å². The van der Waals surface area contributed by atoms with Gasteiger partial charge in [0.1, 0.15) is 0 Å². The quantitative estimate of drug-likeness (QED) is 0.857. The lowest BCUT2D eigenvalue weighted by atomic mass is 9.94. The van der Waals surface area contributed by atoms with Crippen molar-refractivity contribution in [2.75, 3.05) is 38.3 Å². The first-order valence-corrected chi connectivity index (χ1v) is 8.39. The third kappa shape index (κ3) is 3.33. The standard InChI is InChI=1S/C18H26N2O2/c1-22-14-15-7-5-11-19(13-15)17-10-6-12-20(18(17)21)16-8-3-2-4-9-16/h2-4,8-9,15,17H,5-7,10-14H2,1H3/t15-,17+/m0/s1. The Morgan fingerprint density at radius 3 is 2.68 bits per heavy atom. The number of nitrogens with zero attached hydrogens (tertiary/aromatic N) is 2. The molecule has 2 atom stereocenters. The molecule has 1 aromatic rings. The Kier molecular flexibility index (Phi) is 5.11. The van der Waals surface area contributed by atoms with Gasteiger partial charge in [0.25, 0.3) is 0 Å². The van der Waals surface area contributed by atoms with Gasteiger partial charge in [0, 0.05) is 25.9 Å². The van der Waals surface area contributed by atoms with E-state index in [0.717, 1.165) is 44.8 Å². The zero-order valence-electron chi connectivity index (χ0n) is 13.4. The van der Waals surface area contributed by atoms with Gasteiger partial charge >= 0.3 is 0 Å². The van der Waals surface area contributed by atoms with Gasteiger partial charge in [0.15, 0.2) is 0 Å². The number of amides is 1. The lowest BCUT2D eigenvalue weighted by Crippen LogP contribution is -2.55. The molecule has 0 N–H and O–H groups in total. The lowest BCUT2D eigenvalue weighted by Gasteiger charge is -2.42. The average Bonchev–Trinajstić information content (AvgIpc) is 2.56. The van der Waals surface area contributed by atoms with Crippen LogP contribution in [0.15, 0.2) is 30.3 Å². The number of rotatable bonds is 4. The molecular formula is C18H26N2O2. The first-order chi connectivity index (χ1) is 10.8. The summed E-state index contributed by atoms with van der Waals surface area (Å²) < 4.78 is 5.31. The summed E-state index contributed by atoms with van der Waals surface area (Å²) in [5.41, 5.74) is 1.03. The van der Waals surface area contributed by atoms with Crippen molar-refractivity contribution in [1.82, 2.24) is 4.90 Å². The Hall–Kier alpha value is -1.39. The Morgan fingerprint density at radius 1 is 1.14 bits per heavy atom. The van der Waals surface area contributed by atoms with Gasteiger partial charge in [-0.2, -0.15) is 0 Å². The van der Waals surface area contributed by atoms with Crippen LogP contribution in [0.1, 0.15) is 25.7 Å². The number of hydrogen-bond donors (Lipinski definition) is 0. The molecule has 1 amide bonds. The molecule has 0 radical (unpaired) electrons. The van der Waals surface area contributed by atoms with E-state index in [4.69, 9.17) is 4.74 Å². The van der Waals surface area contributed by atoms with Crippen molar-refractivity contribution in [3.8, 4) is 0 Å². The Morgan fingerprint density at radius 2 is 1.91 bits per heavy atom. The molecule has 2 heterocycles. The highest BCUT2D eigenvalue weighted by Gasteiger charge is 2.35. The van der Waals surface area contributed by atoms with Crippen LogP contribution in [0.5, 0.6) is 0 Å². The molecule has 0 saturated carbocycles. The number of ether oxygens (including phenoxy) is 1. The zero-order valence-corrected chi connectivity index (χ0v) is 13.4. The van der Waals surface area contributed by atoms with E-state index in [1.54, 1.807) is 7.11 Å². The first kappa shape index (κ1) is 15.5. The lowest BCUT2D eigenvalue weighted by molar-refractivity contribution is -0.126. The summed E-state index contributed by atoms with van der Waals surface area (Å²) in [4.78, 5) is 17.3. The second-order valence-electron chi connectivity index (χ2n) is 6.44. The van der Waals surface area contributed by atoms with Crippen molar-refractivity contribution in [2.24, 2.45) is 5.92 Å². The van der Waals surface area contributed by atoms with Gasteiger partial charge in [-0.3, -0.25) is 9.69 Å². The van der Waals surface area contributed by atoms with E-state index in [9.17, 15) is 4.79 Å². The Labute approximate surface area is 133 Å². The smallest absolute Gasteiger partial charge is 0.244 e. The van der Waals surface area contributed by atoms with Crippen LogP contribution in [0.4, 0.5) is 5.69 Å². The van der Waals surface area contributed by atoms with Crippen LogP contribution in [-0.4, -0.2) is 50.2 Å². The SMILES string of the molecule is COC[C@H]1CCCN([C@@H]2CCCN(c3ccccc3)C2=O)C1. The maximum Gasteiger partial charge on any atom is 0.244 e. The predicted octanol–water partition coefficient (Wildman–Crippen LogP) is 2.54. The molecule has 0 bridgehead atoms. The van der Waals surface area contributed by atoms with Gasteiger partial charge in [-0.1, -0.05) is 18.2 Å². The summed E-state index contributed by atoms with van der Waals surface area (Å²) in [5, 5.41) is 0. The number of carbonyl (C=O) groups excluding carboxylic acids is 1. The number of para-hydroxylation sites is 1. The van der Waals surface area contributed by atoms with Gasteiger partial charge in [0.2, 0.25) is 5.91 Å². The summed E-state index contributed by atoms with van der Waals surface area (Å²) in [6.07, 6.45) is 4.45. The van der Waals surface area contributed by atoms with Gasteiger partial charge < -0.3 is 9.64 Å². The van der Waals surface area contributed by atoms with Crippen molar-refractivity contribution >= 4 is 11.6 Å². The largest absolute Gasteiger partial charge is 0.384 e. The fraction of sp³-hybridized carbons (Fsp3) is 0.611. The van der Waals surface area contributed by atoms with Gasteiger partial charge in [0.05, 0.1) is 12.6 Å². The number of hydrogen-bond acceptors (Lipinski definition) is 3. The Bertz CT molecular complexity index is 489. The third-order valence-electron chi connectivity index (χ3n) is 4.87. The van der Waals surface area contributed by atoms with E-state index in [1.165, 1.54) is 12.8 Å². The minimum atomic E-state index is 0.0496. The summed E-state index contributed by atoms with van der Waals surface area (Å²) >= 11 is 0. The monoisotopic (exact) mass is 302 g/mol.